The van der Waals surface area contributed by atoms with Crippen LogP contribution in [0.3, 0.4) is 0 Å². The van der Waals surface area contributed by atoms with Gasteiger partial charge in [-0.3, -0.25) is 0 Å². The molecular weight excluding hydrogens is 278 g/mol. The SMILES string of the molecule is NS(=O)(=O)CCNc1cc(Cl)c(F)c(Cl)c1. The summed E-state index contributed by atoms with van der Waals surface area (Å²) in [7, 11) is -3.53. The third-order valence-electron chi connectivity index (χ3n) is 1.70. The predicted molar refractivity (Wildman–Crippen MR) is 62.9 cm³/mol. The van der Waals surface area contributed by atoms with Crippen LogP contribution in [0.1, 0.15) is 0 Å². The summed E-state index contributed by atoms with van der Waals surface area (Å²) >= 11 is 11.1. The van der Waals surface area contributed by atoms with E-state index in [-0.39, 0.29) is 22.3 Å². The van der Waals surface area contributed by atoms with E-state index in [0.29, 0.717) is 5.69 Å². The summed E-state index contributed by atoms with van der Waals surface area (Å²) in [6.07, 6.45) is 0. The van der Waals surface area contributed by atoms with E-state index in [1.165, 1.54) is 12.1 Å². The van der Waals surface area contributed by atoms with Gasteiger partial charge in [-0.05, 0) is 12.1 Å². The van der Waals surface area contributed by atoms with Gasteiger partial charge in [0.25, 0.3) is 0 Å². The number of primary sulfonamides is 1. The zero-order valence-electron chi connectivity index (χ0n) is 8.00. The maximum atomic E-state index is 13.0. The molecule has 0 aliphatic rings. The number of hydrogen-bond donors (Lipinski definition) is 2. The first-order valence-corrected chi connectivity index (χ1v) is 6.65. The van der Waals surface area contributed by atoms with Crippen molar-refractivity contribution in [1.82, 2.24) is 0 Å². The fourth-order valence-electron chi connectivity index (χ4n) is 0.995. The van der Waals surface area contributed by atoms with Crippen molar-refractivity contribution in [3.8, 4) is 0 Å². The molecule has 4 nitrogen and oxygen atoms in total. The Labute approximate surface area is 103 Å². The highest BCUT2D eigenvalue weighted by molar-refractivity contribution is 7.89. The molecule has 0 fully saturated rings. The van der Waals surface area contributed by atoms with Crippen LogP contribution in [0.25, 0.3) is 0 Å². The van der Waals surface area contributed by atoms with E-state index in [2.05, 4.69) is 5.32 Å². The smallest absolute Gasteiger partial charge is 0.210 e. The third-order valence-corrected chi connectivity index (χ3v) is 3.02. The van der Waals surface area contributed by atoms with Crippen LogP contribution in [0.2, 0.25) is 10.0 Å². The lowest BCUT2D eigenvalue weighted by molar-refractivity contribution is 0.598. The fraction of sp³-hybridized carbons (Fsp3) is 0.250. The number of benzene rings is 1. The van der Waals surface area contributed by atoms with Gasteiger partial charge in [0.1, 0.15) is 0 Å². The summed E-state index contributed by atoms with van der Waals surface area (Å²) < 4.78 is 34.3. The Morgan fingerprint density at radius 2 is 1.81 bits per heavy atom. The highest BCUT2D eigenvalue weighted by atomic mass is 35.5. The summed E-state index contributed by atoms with van der Waals surface area (Å²) in [4.78, 5) is 0. The van der Waals surface area contributed by atoms with Gasteiger partial charge in [0.05, 0.1) is 15.8 Å². The molecule has 1 aromatic carbocycles. The molecule has 1 rings (SSSR count). The Balaban J connectivity index is 2.69. The van der Waals surface area contributed by atoms with Crippen molar-refractivity contribution in [2.45, 2.75) is 0 Å². The van der Waals surface area contributed by atoms with Gasteiger partial charge in [0, 0.05) is 12.2 Å². The highest BCUT2D eigenvalue weighted by Crippen LogP contribution is 2.27. The molecule has 0 aliphatic heterocycles. The van der Waals surface area contributed by atoms with Gasteiger partial charge in [-0.1, -0.05) is 23.2 Å². The third kappa shape index (κ3) is 4.13. The van der Waals surface area contributed by atoms with Gasteiger partial charge in [-0.2, -0.15) is 0 Å². The largest absolute Gasteiger partial charge is 0.384 e. The second-order valence-corrected chi connectivity index (χ2v) is 5.60. The molecule has 0 radical (unpaired) electrons. The predicted octanol–water partition coefficient (Wildman–Crippen LogP) is 1.83. The van der Waals surface area contributed by atoms with Crippen LogP contribution >= 0.6 is 23.2 Å². The number of sulfonamides is 1. The molecule has 0 aromatic heterocycles. The minimum Gasteiger partial charge on any atom is -0.384 e. The van der Waals surface area contributed by atoms with E-state index >= 15 is 0 Å². The minimum absolute atomic E-state index is 0.0944. The molecule has 0 atom stereocenters. The molecule has 0 amide bonds. The molecule has 90 valence electrons. The van der Waals surface area contributed by atoms with Crippen molar-refractivity contribution in [3.63, 3.8) is 0 Å². The van der Waals surface area contributed by atoms with E-state index in [0.717, 1.165) is 0 Å². The van der Waals surface area contributed by atoms with Crippen LogP contribution in [0, 0.1) is 5.82 Å². The van der Waals surface area contributed by atoms with Crippen molar-refractivity contribution >= 4 is 38.9 Å². The number of anilines is 1. The maximum absolute atomic E-state index is 13.0. The van der Waals surface area contributed by atoms with Crippen molar-refractivity contribution in [1.29, 1.82) is 0 Å². The zero-order chi connectivity index (χ0) is 12.3. The first-order chi connectivity index (χ1) is 7.29. The molecule has 0 saturated carbocycles. The quantitative estimate of drug-likeness (QED) is 0.830. The Bertz CT molecular complexity index is 470. The van der Waals surface area contributed by atoms with Crippen LogP contribution < -0.4 is 10.5 Å². The Hall–Kier alpha value is -0.560. The molecule has 0 heterocycles. The molecule has 0 unspecified atom stereocenters. The summed E-state index contributed by atoms with van der Waals surface area (Å²) in [6.45, 7) is 0.0944. The normalized spacial score (nSPS) is 11.5. The number of rotatable bonds is 4. The van der Waals surface area contributed by atoms with E-state index in [1.807, 2.05) is 0 Å². The topological polar surface area (TPSA) is 72.2 Å². The van der Waals surface area contributed by atoms with Crippen LogP contribution in [-0.2, 0) is 10.0 Å². The van der Waals surface area contributed by atoms with Gasteiger partial charge in [-0.15, -0.1) is 0 Å². The molecule has 3 N–H and O–H groups in total. The summed E-state index contributed by atoms with van der Waals surface area (Å²) in [6, 6.07) is 2.62. The number of nitrogens with two attached hydrogens (primary N) is 1. The summed E-state index contributed by atoms with van der Waals surface area (Å²) in [5.74, 6) is -0.945. The fourth-order valence-corrected chi connectivity index (χ4v) is 1.87. The standard InChI is InChI=1S/C8H9Cl2FN2O2S/c9-6-3-5(4-7(10)8(6)11)13-1-2-16(12,14)15/h3-4,13H,1-2H2,(H2,12,14,15). The summed E-state index contributed by atoms with van der Waals surface area (Å²) in [5.41, 5.74) is 0.431. The Kier molecular flexibility index (Phi) is 4.37. The highest BCUT2D eigenvalue weighted by Gasteiger charge is 2.08. The first-order valence-electron chi connectivity index (χ1n) is 4.18. The summed E-state index contributed by atoms with van der Waals surface area (Å²) in [5, 5.41) is 7.25. The maximum Gasteiger partial charge on any atom is 0.210 e. The Morgan fingerprint density at radius 1 is 1.31 bits per heavy atom. The number of hydrogen-bond acceptors (Lipinski definition) is 3. The monoisotopic (exact) mass is 286 g/mol. The van der Waals surface area contributed by atoms with Crippen LogP contribution in [0.4, 0.5) is 10.1 Å². The molecule has 0 aliphatic carbocycles. The number of halogens is 3. The lowest BCUT2D eigenvalue weighted by atomic mass is 10.3. The van der Waals surface area contributed by atoms with Crippen molar-refractivity contribution in [3.05, 3.63) is 28.0 Å². The van der Waals surface area contributed by atoms with Gasteiger partial charge in [-0.25, -0.2) is 17.9 Å². The van der Waals surface area contributed by atoms with E-state index < -0.39 is 15.8 Å². The van der Waals surface area contributed by atoms with Crippen molar-refractivity contribution < 1.29 is 12.8 Å². The van der Waals surface area contributed by atoms with Crippen molar-refractivity contribution in [2.75, 3.05) is 17.6 Å². The molecule has 1 aromatic rings. The van der Waals surface area contributed by atoms with Crippen LogP contribution in [-0.4, -0.2) is 20.7 Å². The minimum atomic E-state index is -3.53. The van der Waals surface area contributed by atoms with E-state index in [9.17, 15) is 12.8 Å². The molecule has 0 saturated heterocycles. The van der Waals surface area contributed by atoms with E-state index in [4.69, 9.17) is 28.3 Å². The average molecular weight is 287 g/mol. The van der Waals surface area contributed by atoms with Gasteiger partial charge in [0.15, 0.2) is 5.82 Å². The lowest BCUT2D eigenvalue weighted by Crippen LogP contribution is -2.22. The molecule has 0 spiro atoms. The van der Waals surface area contributed by atoms with Gasteiger partial charge < -0.3 is 5.32 Å². The van der Waals surface area contributed by atoms with Crippen molar-refractivity contribution in [2.24, 2.45) is 5.14 Å². The van der Waals surface area contributed by atoms with Crippen LogP contribution in [0.5, 0.6) is 0 Å². The zero-order valence-corrected chi connectivity index (χ0v) is 10.3. The van der Waals surface area contributed by atoms with Gasteiger partial charge >= 0.3 is 0 Å². The van der Waals surface area contributed by atoms with E-state index in [1.54, 1.807) is 0 Å². The second kappa shape index (κ2) is 5.18. The number of nitrogens with one attached hydrogen (secondary N) is 1. The average Bonchev–Trinajstić information content (AvgIpc) is 2.12. The first kappa shape index (κ1) is 13.5. The lowest BCUT2D eigenvalue weighted by Gasteiger charge is -2.07. The molecular formula is C8H9Cl2FN2O2S. The van der Waals surface area contributed by atoms with Gasteiger partial charge in [0.2, 0.25) is 10.0 Å². The molecule has 8 heteroatoms. The Morgan fingerprint density at radius 3 is 2.25 bits per heavy atom. The second-order valence-electron chi connectivity index (χ2n) is 3.05. The molecule has 0 bridgehead atoms. The van der Waals surface area contributed by atoms with Crippen LogP contribution in [0.15, 0.2) is 12.1 Å². The molecule has 16 heavy (non-hydrogen) atoms.